The van der Waals surface area contributed by atoms with Crippen molar-refractivity contribution < 1.29 is 29.0 Å². The van der Waals surface area contributed by atoms with Gasteiger partial charge >= 0.3 is 5.97 Å². The molecule has 0 radical (unpaired) electrons. The molecule has 3 heterocycles. The van der Waals surface area contributed by atoms with E-state index >= 15 is 0 Å². The van der Waals surface area contributed by atoms with E-state index in [4.69, 9.17) is 9.47 Å². The van der Waals surface area contributed by atoms with E-state index in [1.165, 1.54) is 0 Å². The summed E-state index contributed by atoms with van der Waals surface area (Å²) >= 11 is 0. The summed E-state index contributed by atoms with van der Waals surface area (Å²) in [5.41, 5.74) is -1.20. The van der Waals surface area contributed by atoms with Gasteiger partial charge in [-0.25, -0.2) is 0 Å². The molecule has 0 saturated carbocycles. The number of aliphatic hydroxyl groups is 1. The van der Waals surface area contributed by atoms with E-state index in [9.17, 15) is 19.5 Å². The van der Waals surface area contributed by atoms with Gasteiger partial charge in [0.15, 0.2) is 0 Å². The lowest BCUT2D eigenvalue weighted by atomic mass is 9.62. The molecule has 218 valence electrons. The maximum absolute atomic E-state index is 14.5. The Balaban J connectivity index is 1.80. The maximum atomic E-state index is 14.5. The first-order chi connectivity index (χ1) is 19.2. The van der Waals surface area contributed by atoms with Gasteiger partial charge in [0.2, 0.25) is 11.8 Å². The van der Waals surface area contributed by atoms with Crippen LogP contribution < -0.4 is 0 Å². The molecule has 7 atom stereocenters. The molecule has 1 N–H and O–H groups in total. The molecule has 1 aromatic carbocycles. The van der Waals surface area contributed by atoms with Gasteiger partial charge in [0, 0.05) is 13.1 Å². The Morgan fingerprint density at radius 2 is 2.00 bits per heavy atom. The molecule has 8 heteroatoms. The lowest BCUT2D eigenvalue weighted by Gasteiger charge is -2.39. The number of hydrogen-bond donors (Lipinski definition) is 1. The monoisotopic (exact) mass is 552 g/mol. The molecule has 2 amide bonds. The summed E-state index contributed by atoms with van der Waals surface area (Å²) in [5, 5.41) is 10.6. The number of nitrogens with zero attached hydrogens (tertiary/aromatic N) is 2. The van der Waals surface area contributed by atoms with E-state index in [0.29, 0.717) is 32.4 Å². The van der Waals surface area contributed by atoms with Crippen molar-refractivity contribution >= 4 is 17.8 Å². The van der Waals surface area contributed by atoms with Gasteiger partial charge in [-0.05, 0) is 44.1 Å². The second-order valence-corrected chi connectivity index (χ2v) is 11.6. The van der Waals surface area contributed by atoms with Crippen molar-refractivity contribution in [2.75, 3.05) is 26.3 Å². The van der Waals surface area contributed by atoms with Gasteiger partial charge in [0.25, 0.3) is 0 Å². The number of unbranched alkanes of at least 4 members (excludes halogenated alkanes) is 1. The van der Waals surface area contributed by atoms with Crippen LogP contribution in [-0.4, -0.2) is 82.3 Å². The van der Waals surface area contributed by atoms with Crippen molar-refractivity contribution in [2.24, 2.45) is 17.8 Å². The molecule has 8 nitrogen and oxygen atoms in total. The van der Waals surface area contributed by atoms with Gasteiger partial charge in [0.1, 0.15) is 17.6 Å². The van der Waals surface area contributed by atoms with Crippen LogP contribution in [-0.2, 0) is 30.3 Å². The molecule has 4 rings (SSSR count). The van der Waals surface area contributed by atoms with E-state index in [1.54, 1.807) is 22.0 Å². The van der Waals surface area contributed by atoms with Crippen LogP contribution in [0, 0.1) is 17.8 Å². The number of fused-ring (bicyclic) bond motifs is 1. The molecule has 2 bridgehead atoms. The summed E-state index contributed by atoms with van der Waals surface area (Å²) in [6.07, 6.45) is 6.40. The van der Waals surface area contributed by atoms with Crippen LogP contribution in [0.2, 0.25) is 0 Å². The number of carbonyl (C=O) groups is 3. The molecule has 3 aliphatic heterocycles. The van der Waals surface area contributed by atoms with Crippen LogP contribution in [0.1, 0.15) is 52.0 Å². The minimum Gasteiger partial charge on any atom is -0.465 e. The normalized spacial score (nSPS) is 31.1. The number of benzene rings is 1. The Bertz CT molecular complexity index is 1110. The Kier molecular flexibility index (Phi) is 9.20. The number of rotatable bonds is 14. The highest BCUT2D eigenvalue weighted by atomic mass is 16.6. The number of amides is 2. The highest BCUT2D eigenvalue weighted by Crippen LogP contribution is 2.65. The van der Waals surface area contributed by atoms with Crippen LogP contribution in [0.25, 0.3) is 0 Å². The van der Waals surface area contributed by atoms with Crippen molar-refractivity contribution in [2.45, 2.75) is 76.2 Å². The molecule has 0 aromatic heterocycles. The third kappa shape index (κ3) is 5.00. The van der Waals surface area contributed by atoms with Gasteiger partial charge in [-0.3, -0.25) is 14.4 Å². The van der Waals surface area contributed by atoms with Crippen LogP contribution in [0.5, 0.6) is 0 Å². The predicted octanol–water partition coefficient (Wildman–Crippen LogP) is 3.53. The van der Waals surface area contributed by atoms with Crippen molar-refractivity contribution in [3.05, 3.63) is 61.2 Å². The molecule has 3 saturated heterocycles. The van der Waals surface area contributed by atoms with Crippen LogP contribution in [0.15, 0.2) is 55.6 Å². The minimum atomic E-state index is -1.19. The molecule has 3 fully saturated rings. The lowest BCUT2D eigenvalue weighted by Crippen LogP contribution is -2.59. The van der Waals surface area contributed by atoms with E-state index in [0.717, 1.165) is 18.4 Å². The summed E-state index contributed by atoms with van der Waals surface area (Å²) in [6, 6.07) is 7.97. The average Bonchev–Trinajstić information content (AvgIpc) is 3.46. The molecular weight excluding hydrogens is 508 g/mol. The minimum absolute atomic E-state index is 0.0889. The van der Waals surface area contributed by atoms with Crippen molar-refractivity contribution in [1.82, 2.24) is 9.80 Å². The zero-order valence-corrected chi connectivity index (χ0v) is 24.1. The van der Waals surface area contributed by atoms with E-state index in [2.05, 4.69) is 20.1 Å². The average molecular weight is 553 g/mol. The molecular formula is C32H44N2O6. The third-order valence-electron chi connectivity index (χ3n) is 9.17. The Morgan fingerprint density at radius 3 is 2.62 bits per heavy atom. The number of hydrogen-bond acceptors (Lipinski definition) is 6. The molecule has 0 aliphatic carbocycles. The predicted molar refractivity (Wildman–Crippen MR) is 152 cm³/mol. The SMILES string of the molecule is C=CCCOC(=O)[C@H]1[C@H]2C(=O)N([C@@H](CO)Cc3ccccc3)C(C(=O)N(CC=C)CCCC)C23CC(C)[C@]1(C)O3. The summed E-state index contributed by atoms with van der Waals surface area (Å²) in [5.74, 6) is -2.86. The van der Waals surface area contributed by atoms with Gasteiger partial charge in [-0.15, -0.1) is 13.2 Å². The Labute approximate surface area is 238 Å². The van der Waals surface area contributed by atoms with Gasteiger partial charge in [-0.1, -0.05) is 62.8 Å². The zero-order valence-electron chi connectivity index (χ0n) is 24.1. The summed E-state index contributed by atoms with van der Waals surface area (Å²) < 4.78 is 12.4. The third-order valence-corrected chi connectivity index (χ3v) is 9.17. The summed E-state index contributed by atoms with van der Waals surface area (Å²) in [6.45, 7) is 14.2. The molecule has 1 spiro atoms. The molecule has 3 aliphatic rings. The fourth-order valence-corrected chi connectivity index (χ4v) is 7.15. The number of ether oxygens (including phenoxy) is 2. The molecule has 40 heavy (non-hydrogen) atoms. The maximum Gasteiger partial charge on any atom is 0.312 e. The lowest BCUT2D eigenvalue weighted by molar-refractivity contribution is -0.163. The van der Waals surface area contributed by atoms with E-state index < -0.39 is 41.1 Å². The highest BCUT2D eigenvalue weighted by Gasteiger charge is 2.80. The quantitative estimate of drug-likeness (QED) is 0.216. The fraction of sp³-hybridized carbons (Fsp3) is 0.594. The van der Waals surface area contributed by atoms with E-state index in [-0.39, 0.29) is 30.9 Å². The second kappa shape index (κ2) is 12.3. The largest absolute Gasteiger partial charge is 0.465 e. The van der Waals surface area contributed by atoms with Crippen molar-refractivity contribution in [3.63, 3.8) is 0 Å². The van der Waals surface area contributed by atoms with Gasteiger partial charge in [0.05, 0.1) is 30.8 Å². The summed E-state index contributed by atoms with van der Waals surface area (Å²) in [7, 11) is 0. The summed E-state index contributed by atoms with van der Waals surface area (Å²) in [4.78, 5) is 45.8. The first-order valence-electron chi connectivity index (χ1n) is 14.5. The zero-order chi connectivity index (χ0) is 29.1. The highest BCUT2D eigenvalue weighted by molar-refractivity contribution is 5.98. The molecule has 1 aromatic rings. The van der Waals surface area contributed by atoms with Crippen LogP contribution in [0.3, 0.4) is 0 Å². The topological polar surface area (TPSA) is 96.4 Å². The molecule has 3 unspecified atom stereocenters. The first-order valence-corrected chi connectivity index (χ1v) is 14.5. The Morgan fingerprint density at radius 1 is 1.27 bits per heavy atom. The number of likely N-dealkylation sites (tertiary alicyclic amines) is 1. The fourth-order valence-electron chi connectivity index (χ4n) is 7.15. The number of aliphatic hydroxyl groups excluding tert-OH is 1. The van der Waals surface area contributed by atoms with Gasteiger partial charge < -0.3 is 24.4 Å². The smallest absolute Gasteiger partial charge is 0.312 e. The van der Waals surface area contributed by atoms with Crippen molar-refractivity contribution in [1.29, 1.82) is 0 Å². The van der Waals surface area contributed by atoms with E-state index in [1.807, 2.05) is 44.2 Å². The second-order valence-electron chi connectivity index (χ2n) is 11.6. The van der Waals surface area contributed by atoms with Crippen LogP contribution >= 0.6 is 0 Å². The first kappa shape index (κ1) is 30.0. The van der Waals surface area contributed by atoms with Gasteiger partial charge in [-0.2, -0.15) is 0 Å². The number of carbonyl (C=O) groups excluding carboxylic acids is 3. The van der Waals surface area contributed by atoms with Crippen molar-refractivity contribution in [3.8, 4) is 0 Å². The van der Waals surface area contributed by atoms with Crippen LogP contribution in [0.4, 0.5) is 0 Å². The Hall–Kier alpha value is -2.97. The number of esters is 1. The standard InChI is InChI=1S/C32H44N2O6/c1-6-9-17-33(16-8-3)29(37)27-32-20-22(4)31(5,40-32)26(30(38)39-18-10-7-2)25(32)28(36)34(27)24(21-35)19-23-14-12-11-13-15-23/h7-8,11-15,22,24-27,35H,2-3,6,9-10,16-21H2,1,4-5H3/t22?,24-,25+,26-,27?,31+,32?/m1/s1.